The first-order valence-electron chi connectivity index (χ1n) is 5.67. The fraction of sp³-hybridized carbons (Fsp3) is 0. The summed E-state index contributed by atoms with van der Waals surface area (Å²) in [4.78, 5) is 55.5. The van der Waals surface area contributed by atoms with Crippen molar-refractivity contribution in [3.8, 4) is 10.6 Å². The van der Waals surface area contributed by atoms with E-state index in [1.807, 2.05) is 4.98 Å². The van der Waals surface area contributed by atoms with Gasteiger partial charge in [-0.05, 0) is 15.9 Å². The number of rotatable bonds is 1. The van der Waals surface area contributed by atoms with Gasteiger partial charge >= 0.3 is 11.4 Å². The first-order chi connectivity index (χ1) is 10.5. The number of aromatic amines is 4. The van der Waals surface area contributed by atoms with Gasteiger partial charge in [0.25, 0.3) is 11.1 Å². The molecule has 0 spiro atoms. The molecule has 0 aliphatic rings. The van der Waals surface area contributed by atoms with Gasteiger partial charge in [0.15, 0.2) is 0 Å². The molecule has 22 heavy (non-hydrogen) atoms. The third-order valence-electron chi connectivity index (χ3n) is 2.26. The number of halogens is 1. The predicted molar refractivity (Wildman–Crippen MR) is 84.2 cm³/mol. The Morgan fingerprint density at radius 2 is 1.59 bits per heavy atom. The maximum atomic E-state index is 11.2. The summed E-state index contributed by atoms with van der Waals surface area (Å²) in [5, 5.41) is 2.36. The molecule has 0 atom stereocenters. The van der Waals surface area contributed by atoms with E-state index in [0.717, 1.165) is 0 Å². The average Bonchev–Trinajstić information content (AvgIpc) is 2.98. The van der Waals surface area contributed by atoms with Gasteiger partial charge in [0.2, 0.25) is 0 Å². The quantitative estimate of drug-likeness (QED) is 0.466. The number of thiazole rings is 1. The van der Waals surface area contributed by atoms with Gasteiger partial charge in [-0.1, -0.05) is 0 Å². The van der Waals surface area contributed by atoms with Gasteiger partial charge in [0.1, 0.15) is 5.01 Å². The van der Waals surface area contributed by atoms with Crippen molar-refractivity contribution in [2.24, 2.45) is 0 Å². The van der Waals surface area contributed by atoms with Crippen LogP contribution in [-0.4, -0.2) is 24.9 Å². The second-order valence-electron chi connectivity index (χ2n) is 3.74. The van der Waals surface area contributed by atoms with Gasteiger partial charge in [0, 0.05) is 24.0 Å². The van der Waals surface area contributed by atoms with Crippen molar-refractivity contribution in [2.45, 2.75) is 0 Å². The molecule has 0 aliphatic carbocycles. The highest BCUT2D eigenvalue weighted by molar-refractivity contribution is 9.10. The second-order valence-corrected chi connectivity index (χ2v) is 5.49. The van der Waals surface area contributed by atoms with E-state index in [-0.39, 0.29) is 0 Å². The molecule has 3 aromatic rings. The molecule has 0 aromatic carbocycles. The molecule has 0 unspecified atom stereocenters. The summed E-state index contributed by atoms with van der Waals surface area (Å²) in [6.07, 6.45) is 4.26. The van der Waals surface area contributed by atoms with Gasteiger partial charge in [-0.15, -0.1) is 11.3 Å². The van der Waals surface area contributed by atoms with Crippen LogP contribution in [0.15, 0.2) is 47.6 Å². The minimum atomic E-state index is -0.509. The largest absolute Gasteiger partial charge is 0.325 e. The van der Waals surface area contributed by atoms with Crippen molar-refractivity contribution in [3.63, 3.8) is 0 Å². The predicted octanol–water partition coefficient (Wildman–Crippen LogP) is 0.0124. The number of nitrogens with one attached hydrogen (secondary N) is 4. The number of H-pyrrole nitrogens is 4. The second kappa shape index (κ2) is 6.95. The molecule has 11 heteroatoms. The molecule has 114 valence electrons. The minimum absolute atomic E-state index is 0.321. The molecule has 0 aliphatic heterocycles. The molecule has 3 rings (SSSR count). The Kier molecular flexibility index (Phi) is 5.01. The fourth-order valence-corrected chi connectivity index (χ4v) is 2.18. The van der Waals surface area contributed by atoms with Crippen LogP contribution in [0.3, 0.4) is 0 Å². The maximum absolute atomic E-state index is 11.2. The lowest BCUT2D eigenvalue weighted by atomic mass is 10.3. The number of nitrogens with zero attached hydrogens (tertiary/aromatic N) is 1. The van der Waals surface area contributed by atoms with Crippen LogP contribution in [0.4, 0.5) is 0 Å². The van der Waals surface area contributed by atoms with Crippen LogP contribution in [0.1, 0.15) is 0 Å². The van der Waals surface area contributed by atoms with E-state index < -0.39 is 22.5 Å². The van der Waals surface area contributed by atoms with Crippen molar-refractivity contribution in [1.82, 2.24) is 24.9 Å². The van der Waals surface area contributed by atoms with Crippen LogP contribution in [-0.2, 0) is 0 Å². The molecule has 0 saturated carbocycles. The molecule has 0 saturated heterocycles. The van der Waals surface area contributed by atoms with Crippen molar-refractivity contribution < 1.29 is 0 Å². The molecular weight excluding hydrogens is 378 g/mol. The topological polar surface area (TPSA) is 144 Å². The Labute approximate surface area is 133 Å². The molecule has 3 aromatic heterocycles. The zero-order valence-corrected chi connectivity index (χ0v) is 13.1. The summed E-state index contributed by atoms with van der Waals surface area (Å²) in [7, 11) is 0. The van der Waals surface area contributed by atoms with Gasteiger partial charge in [-0.3, -0.25) is 19.6 Å². The third-order valence-corrected chi connectivity index (χ3v) is 3.65. The summed E-state index contributed by atoms with van der Waals surface area (Å²) in [6.45, 7) is 0. The fourth-order valence-electron chi connectivity index (χ4n) is 1.32. The SMILES string of the molecule is O=c1[nH]cc(-c2nccs2)c(=O)[nH]1.O=c1[nH]cc(Br)c(=O)[nH]1. The summed E-state index contributed by atoms with van der Waals surface area (Å²) in [5.41, 5.74) is -1.46. The molecule has 0 radical (unpaired) electrons. The summed E-state index contributed by atoms with van der Waals surface area (Å²) < 4.78 is 0.321. The summed E-state index contributed by atoms with van der Waals surface area (Å²) in [6, 6.07) is 0. The molecular formula is C11H8BrN5O4S. The Bertz CT molecular complexity index is 985. The zero-order valence-electron chi connectivity index (χ0n) is 10.7. The number of aromatic nitrogens is 5. The van der Waals surface area contributed by atoms with Gasteiger partial charge in [0.05, 0.1) is 10.0 Å². The van der Waals surface area contributed by atoms with E-state index in [2.05, 4.69) is 35.9 Å². The van der Waals surface area contributed by atoms with E-state index in [0.29, 0.717) is 15.0 Å². The Hall–Kier alpha value is -2.53. The van der Waals surface area contributed by atoms with Crippen LogP contribution in [0.2, 0.25) is 0 Å². The Balaban J connectivity index is 0.000000172. The Morgan fingerprint density at radius 3 is 2.09 bits per heavy atom. The molecule has 9 nitrogen and oxygen atoms in total. The van der Waals surface area contributed by atoms with Crippen molar-refractivity contribution in [3.05, 3.63) is 70.1 Å². The van der Waals surface area contributed by atoms with Crippen LogP contribution in [0, 0.1) is 0 Å². The standard InChI is InChI=1S/C7H5N3O2S.C4H3BrN2O2/c11-5-4(3-9-7(12)10-5)6-8-1-2-13-6;5-2-1-6-4(9)7-3(2)8/h1-3H,(H2,9,10,11,12);1H,(H2,6,7,8,9). The summed E-state index contributed by atoms with van der Waals surface area (Å²) in [5.74, 6) is 0. The smallest absolute Gasteiger partial charge is 0.313 e. The molecule has 3 heterocycles. The van der Waals surface area contributed by atoms with Crippen molar-refractivity contribution in [2.75, 3.05) is 0 Å². The number of hydrogen-bond donors (Lipinski definition) is 4. The minimum Gasteiger partial charge on any atom is -0.313 e. The van der Waals surface area contributed by atoms with E-state index in [1.165, 1.54) is 23.7 Å². The third kappa shape index (κ3) is 3.99. The lowest BCUT2D eigenvalue weighted by Crippen LogP contribution is -2.22. The first kappa shape index (κ1) is 15.9. The molecule has 0 bridgehead atoms. The lowest BCUT2D eigenvalue weighted by Gasteiger charge is -1.91. The average molecular weight is 386 g/mol. The summed E-state index contributed by atoms with van der Waals surface area (Å²) >= 11 is 4.26. The van der Waals surface area contributed by atoms with Gasteiger partial charge in [-0.25, -0.2) is 14.6 Å². The van der Waals surface area contributed by atoms with E-state index in [4.69, 9.17) is 0 Å². The van der Waals surface area contributed by atoms with Crippen LogP contribution in [0.25, 0.3) is 10.6 Å². The Morgan fingerprint density at radius 1 is 0.955 bits per heavy atom. The highest BCUT2D eigenvalue weighted by atomic mass is 79.9. The highest BCUT2D eigenvalue weighted by Crippen LogP contribution is 2.15. The van der Waals surface area contributed by atoms with Crippen LogP contribution >= 0.6 is 27.3 Å². The molecule has 0 amide bonds. The molecule has 0 fully saturated rings. The van der Waals surface area contributed by atoms with Crippen LogP contribution in [0.5, 0.6) is 0 Å². The monoisotopic (exact) mass is 385 g/mol. The van der Waals surface area contributed by atoms with E-state index in [1.54, 1.807) is 11.6 Å². The van der Waals surface area contributed by atoms with Crippen LogP contribution < -0.4 is 22.5 Å². The van der Waals surface area contributed by atoms with E-state index >= 15 is 0 Å². The van der Waals surface area contributed by atoms with Crippen molar-refractivity contribution >= 4 is 27.3 Å². The van der Waals surface area contributed by atoms with E-state index in [9.17, 15) is 19.2 Å². The highest BCUT2D eigenvalue weighted by Gasteiger charge is 2.04. The maximum Gasteiger partial charge on any atom is 0.325 e. The van der Waals surface area contributed by atoms with Gasteiger partial charge < -0.3 is 9.97 Å². The molecule has 4 N–H and O–H groups in total. The van der Waals surface area contributed by atoms with Crippen molar-refractivity contribution in [1.29, 1.82) is 0 Å². The number of hydrogen-bond acceptors (Lipinski definition) is 6. The normalized spacial score (nSPS) is 9.86. The lowest BCUT2D eigenvalue weighted by molar-refractivity contribution is 1.02. The zero-order chi connectivity index (χ0) is 16.1. The van der Waals surface area contributed by atoms with Gasteiger partial charge in [-0.2, -0.15) is 0 Å². The first-order valence-corrected chi connectivity index (χ1v) is 7.34.